The largest absolute Gasteiger partial charge is 0.460 e. The normalized spacial score (nSPS) is 13.1. The van der Waals surface area contributed by atoms with E-state index in [-0.39, 0.29) is 5.04 Å². The quantitative estimate of drug-likeness (QED) is 0.291. The zero-order valence-electron chi connectivity index (χ0n) is 19.6. The topological polar surface area (TPSA) is 62.6 Å². The maximum absolute atomic E-state index is 12.4. The van der Waals surface area contributed by atoms with Crippen molar-refractivity contribution in [3.63, 3.8) is 0 Å². The van der Waals surface area contributed by atoms with Gasteiger partial charge in [0.25, 0.3) is 0 Å². The number of aromatic nitrogens is 2. The number of nitrogens with zero attached hydrogens (tertiary/aromatic N) is 2. The molecular weight excluding hydrogens is 388 g/mol. The maximum atomic E-state index is 12.4. The molecule has 0 aliphatic carbocycles. The lowest BCUT2D eigenvalue weighted by atomic mass is 10.2. The molecule has 0 bridgehead atoms. The Hall–Kier alpha value is -0.966. The highest BCUT2D eigenvalue weighted by Crippen LogP contribution is 2.37. The number of hydrogen-bond acceptors (Lipinski definition) is 5. The van der Waals surface area contributed by atoms with Crippen molar-refractivity contribution in [3.8, 4) is 0 Å². The van der Waals surface area contributed by atoms with Gasteiger partial charge in [-0.15, -0.1) is 0 Å². The van der Waals surface area contributed by atoms with Gasteiger partial charge in [0.05, 0.1) is 18.9 Å². The van der Waals surface area contributed by atoms with Crippen LogP contribution in [0.3, 0.4) is 0 Å². The van der Waals surface area contributed by atoms with Gasteiger partial charge in [0, 0.05) is 20.4 Å². The summed E-state index contributed by atoms with van der Waals surface area (Å²) in [4.78, 5) is 17.0. The first-order valence-corrected chi connectivity index (χ1v) is 16.8. The smallest absolute Gasteiger partial charge is 0.374 e. The third-order valence-electron chi connectivity index (χ3n) is 5.37. The van der Waals surface area contributed by atoms with E-state index in [0.717, 1.165) is 17.4 Å². The van der Waals surface area contributed by atoms with Crippen molar-refractivity contribution in [2.75, 3.05) is 13.2 Å². The summed E-state index contributed by atoms with van der Waals surface area (Å²) in [5, 5.41) is 0.118. The van der Waals surface area contributed by atoms with Crippen LogP contribution in [0.4, 0.5) is 0 Å². The fourth-order valence-corrected chi connectivity index (χ4v) is 3.92. The van der Waals surface area contributed by atoms with Gasteiger partial charge in [-0.2, -0.15) is 0 Å². The van der Waals surface area contributed by atoms with Gasteiger partial charge < -0.3 is 13.9 Å². The first-order chi connectivity index (χ1) is 12.7. The van der Waals surface area contributed by atoms with Gasteiger partial charge in [0.2, 0.25) is 5.82 Å². The molecule has 6 nitrogen and oxygen atoms in total. The molecule has 1 heterocycles. The summed E-state index contributed by atoms with van der Waals surface area (Å²) in [6.07, 6.45) is 0. The molecule has 28 heavy (non-hydrogen) atoms. The number of esters is 1. The molecule has 0 fully saturated rings. The molecule has 162 valence electrons. The second-order valence-electron chi connectivity index (χ2n) is 10.0. The molecule has 1 aromatic rings. The van der Waals surface area contributed by atoms with Crippen molar-refractivity contribution in [2.24, 2.45) is 0 Å². The van der Waals surface area contributed by atoms with Crippen LogP contribution in [0.5, 0.6) is 0 Å². The lowest BCUT2D eigenvalue weighted by Gasteiger charge is -2.36. The number of imidazole rings is 1. The van der Waals surface area contributed by atoms with E-state index in [1.165, 1.54) is 0 Å². The summed E-state index contributed by atoms with van der Waals surface area (Å²) in [7, 11) is -3.07. The first kappa shape index (κ1) is 25.1. The predicted molar refractivity (Wildman–Crippen MR) is 119 cm³/mol. The fourth-order valence-electron chi connectivity index (χ4n) is 2.23. The highest BCUT2D eigenvalue weighted by molar-refractivity contribution is 6.76. The predicted octanol–water partition coefficient (Wildman–Crippen LogP) is 5.20. The summed E-state index contributed by atoms with van der Waals surface area (Å²) < 4.78 is 19.2. The molecule has 1 rings (SSSR count). The van der Waals surface area contributed by atoms with Crippen LogP contribution in [-0.4, -0.2) is 45.1 Å². The molecule has 0 saturated heterocycles. The standard InChI is InChI=1S/C20H40N2O4Si2/c1-11-25-19(23)18-21-17(14-26-28(9,10)20(3,4)5)16(2)22(18)15-24-12-13-27(6,7)8/h11-15H2,1-10H3. The summed E-state index contributed by atoms with van der Waals surface area (Å²) >= 11 is 0. The van der Waals surface area contributed by atoms with Crippen LogP contribution in [0.25, 0.3) is 0 Å². The summed E-state index contributed by atoms with van der Waals surface area (Å²) in [5.74, 6) is -0.126. The monoisotopic (exact) mass is 428 g/mol. The molecule has 8 heteroatoms. The van der Waals surface area contributed by atoms with E-state index in [9.17, 15) is 4.79 Å². The Balaban J connectivity index is 2.99. The Labute approximate surface area is 173 Å². The van der Waals surface area contributed by atoms with E-state index in [1.807, 2.05) is 11.5 Å². The van der Waals surface area contributed by atoms with Crippen molar-refractivity contribution < 1.29 is 18.7 Å². The van der Waals surface area contributed by atoms with Gasteiger partial charge in [-0.3, -0.25) is 4.57 Å². The number of ether oxygens (including phenoxy) is 2. The van der Waals surface area contributed by atoms with Gasteiger partial charge >= 0.3 is 5.97 Å². The van der Waals surface area contributed by atoms with E-state index in [4.69, 9.17) is 13.9 Å². The Kier molecular flexibility index (Phi) is 8.68. The van der Waals surface area contributed by atoms with Crippen LogP contribution in [-0.2, 0) is 27.2 Å². The van der Waals surface area contributed by atoms with Crippen LogP contribution >= 0.6 is 0 Å². The second kappa shape index (κ2) is 9.69. The second-order valence-corrected chi connectivity index (χ2v) is 20.4. The van der Waals surface area contributed by atoms with Gasteiger partial charge in [0.15, 0.2) is 8.32 Å². The van der Waals surface area contributed by atoms with E-state index < -0.39 is 22.4 Å². The Morgan fingerprint density at radius 2 is 1.75 bits per heavy atom. The highest BCUT2D eigenvalue weighted by atomic mass is 28.4. The molecule has 0 N–H and O–H groups in total. The van der Waals surface area contributed by atoms with Crippen LogP contribution in [0.15, 0.2) is 0 Å². The third-order valence-corrected chi connectivity index (χ3v) is 11.6. The lowest BCUT2D eigenvalue weighted by Crippen LogP contribution is -2.40. The van der Waals surface area contributed by atoms with Gasteiger partial charge in [-0.05, 0) is 38.0 Å². The maximum Gasteiger partial charge on any atom is 0.374 e. The van der Waals surface area contributed by atoms with Gasteiger partial charge in [-0.1, -0.05) is 40.4 Å². The molecule has 0 aliphatic rings. The van der Waals surface area contributed by atoms with Crippen molar-refractivity contribution in [1.29, 1.82) is 0 Å². The van der Waals surface area contributed by atoms with E-state index in [0.29, 0.717) is 32.4 Å². The zero-order valence-corrected chi connectivity index (χ0v) is 21.6. The number of rotatable bonds is 10. The molecule has 0 spiro atoms. The molecule has 0 radical (unpaired) electrons. The minimum absolute atomic E-state index is 0.118. The SMILES string of the molecule is CCOC(=O)c1nc(CO[Si](C)(C)C(C)(C)C)c(C)n1COCC[Si](C)(C)C. The fraction of sp³-hybridized carbons (Fsp3) is 0.800. The number of carbonyl (C=O) groups is 1. The minimum atomic E-state index is -1.91. The van der Waals surface area contributed by atoms with Crippen molar-refractivity contribution >= 4 is 22.4 Å². The zero-order chi connectivity index (χ0) is 21.8. The molecule has 0 unspecified atom stereocenters. The molecule has 0 atom stereocenters. The molecule has 1 aromatic heterocycles. The van der Waals surface area contributed by atoms with Crippen molar-refractivity contribution in [1.82, 2.24) is 9.55 Å². The minimum Gasteiger partial charge on any atom is -0.460 e. The van der Waals surface area contributed by atoms with Gasteiger partial charge in [0.1, 0.15) is 6.73 Å². The van der Waals surface area contributed by atoms with Crippen molar-refractivity contribution in [3.05, 3.63) is 17.2 Å². The molecule has 0 aliphatic heterocycles. The number of carbonyl (C=O) groups excluding carboxylic acids is 1. The third kappa shape index (κ3) is 7.13. The average molecular weight is 429 g/mol. The first-order valence-electron chi connectivity index (χ1n) is 10.1. The van der Waals surface area contributed by atoms with E-state index in [1.54, 1.807) is 6.92 Å². The molecule has 0 amide bonds. The lowest BCUT2D eigenvalue weighted by molar-refractivity contribution is 0.0461. The molecular formula is C20H40N2O4Si2. The number of hydrogen-bond donors (Lipinski definition) is 0. The van der Waals surface area contributed by atoms with E-state index >= 15 is 0 Å². The Bertz CT molecular complexity index is 658. The van der Waals surface area contributed by atoms with E-state index in [2.05, 4.69) is 58.5 Å². The Morgan fingerprint density at radius 1 is 1.14 bits per heavy atom. The Morgan fingerprint density at radius 3 is 2.25 bits per heavy atom. The van der Waals surface area contributed by atoms with Gasteiger partial charge in [-0.25, -0.2) is 9.78 Å². The summed E-state index contributed by atoms with van der Waals surface area (Å²) in [6.45, 7) is 23.5. The van der Waals surface area contributed by atoms with Crippen LogP contribution in [0.1, 0.15) is 49.7 Å². The summed E-state index contributed by atoms with van der Waals surface area (Å²) in [5.41, 5.74) is 1.68. The summed E-state index contributed by atoms with van der Waals surface area (Å²) in [6, 6.07) is 1.08. The van der Waals surface area contributed by atoms with Crippen LogP contribution < -0.4 is 0 Å². The van der Waals surface area contributed by atoms with Crippen molar-refractivity contribution in [2.45, 2.75) is 91.8 Å². The highest BCUT2D eigenvalue weighted by Gasteiger charge is 2.37. The van der Waals surface area contributed by atoms with Crippen LogP contribution in [0.2, 0.25) is 43.8 Å². The molecule has 0 saturated carbocycles. The van der Waals surface area contributed by atoms with Crippen LogP contribution in [0, 0.1) is 6.92 Å². The molecule has 0 aromatic carbocycles. The average Bonchev–Trinajstić information content (AvgIpc) is 2.84.